The number of rotatable bonds is 0. The van der Waals surface area contributed by atoms with Gasteiger partial charge >= 0.3 is 0 Å². The van der Waals surface area contributed by atoms with Crippen LogP contribution in [0.1, 0.15) is 22.3 Å². The Morgan fingerprint density at radius 1 is 0.842 bits per heavy atom. The van der Waals surface area contributed by atoms with Crippen molar-refractivity contribution in [2.45, 2.75) is 26.9 Å². The number of hydrogen-bond donors (Lipinski definition) is 1. The fraction of sp³-hybridized carbons (Fsp3) is 0.250. The second kappa shape index (κ2) is 6.94. The minimum absolute atomic E-state index is 0. The van der Waals surface area contributed by atoms with Gasteiger partial charge in [0.2, 0.25) is 0 Å². The van der Waals surface area contributed by atoms with E-state index in [-0.39, 0.29) is 40.8 Å². The number of nitrogens with one attached hydrogen (secondary N) is 1. The Balaban J connectivity index is 0.000000902. The summed E-state index contributed by atoms with van der Waals surface area (Å²) in [6.07, 6.45) is 0. The van der Waals surface area contributed by atoms with Gasteiger partial charge in [0.05, 0.1) is 0 Å². The molecule has 1 N–H and O–H groups in total. The van der Waals surface area contributed by atoms with E-state index in [1.54, 1.807) is 0 Å². The minimum Gasteiger partial charge on any atom is -0.313 e. The molecule has 2 aromatic rings. The summed E-state index contributed by atoms with van der Waals surface area (Å²) in [6, 6.07) is 15.0. The molecular formula is C16H15NRe2-2. The molecule has 0 bridgehead atoms. The maximum absolute atomic E-state index is 3.45. The summed E-state index contributed by atoms with van der Waals surface area (Å²) >= 11 is 0. The first-order valence-electron chi connectivity index (χ1n) is 5.99. The molecule has 0 spiro atoms. The van der Waals surface area contributed by atoms with E-state index in [1.807, 2.05) is 12.1 Å². The van der Waals surface area contributed by atoms with Crippen molar-refractivity contribution in [1.29, 1.82) is 0 Å². The summed E-state index contributed by atoms with van der Waals surface area (Å²) in [5.41, 5.74) is 7.89. The van der Waals surface area contributed by atoms with E-state index >= 15 is 0 Å². The summed E-state index contributed by atoms with van der Waals surface area (Å²) < 4.78 is 0. The maximum Gasteiger partial charge on any atom is 0 e. The summed E-state index contributed by atoms with van der Waals surface area (Å²) in [7, 11) is 0. The first kappa shape index (κ1) is 16.8. The van der Waals surface area contributed by atoms with Crippen LogP contribution in [-0.2, 0) is 53.9 Å². The molecule has 0 saturated carbocycles. The molecule has 0 aromatic heterocycles. The van der Waals surface area contributed by atoms with E-state index in [1.165, 1.54) is 33.4 Å². The van der Waals surface area contributed by atoms with Crippen LogP contribution in [0.3, 0.4) is 0 Å². The Bertz CT molecular complexity index is 527. The SMILES string of the molecule is Cc1cc[c-]c2c1-c1c([c-]ccc1C)CNC2.[Re].[Re]. The van der Waals surface area contributed by atoms with Crippen LogP contribution in [0.15, 0.2) is 24.3 Å². The summed E-state index contributed by atoms with van der Waals surface area (Å²) in [4.78, 5) is 0. The third-order valence-electron chi connectivity index (χ3n) is 3.43. The Labute approximate surface area is 142 Å². The normalized spacial score (nSPS) is 12.3. The van der Waals surface area contributed by atoms with Crippen molar-refractivity contribution in [3.8, 4) is 11.1 Å². The van der Waals surface area contributed by atoms with Crippen LogP contribution in [0.4, 0.5) is 0 Å². The van der Waals surface area contributed by atoms with Gasteiger partial charge in [-0.05, 0) is 13.1 Å². The Morgan fingerprint density at radius 3 is 1.68 bits per heavy atom. The smallest absolute Gasteiger partial charge is 0 e. The third-order valence-corrected chi connectivity index (χ3v) is 3.43. The topological polar surface area (TPSA) is 12.0 Å². The van der Waals surface area contributed by atoms with E-state index in [2.05, 4.69) is 43.4 Å². The van der Waals surface area contributed by atoms with Gasteiger partial charge < -0.3 is 5.32 Å². The molecular weight excluding hydrogens is 579 g/mol. The van der Waals surface area contributed by atoms with Crippen LogP contribution < -0.4 is 5.32 Å². The van der Waals surface area contributed by atoms with Crippen molar-refractivity contribution in [2.24, 2.45) is 0 Å². The average molecular weight is 594 g/mol. The van der Waals surface area contributed by atoms with Crippen molar-refractivity contribution in [2.75, 3.05) is 0 Å². The second-order valence-corrected chi connectivity index (χ2v) is 4.63. The van der Waals surface area contributed by atoms with Gasteiger partial charge in [0.1, 0.15) is 0 Å². The first-order chi connectivity index (χ1) is 8.27. The van der Waals surface area contributed by atoms with Crippen molar-refractivity contribution in [3.63, 3.8) is 0 Å². The zero-order chi connectivity index (χ0) is 11.8. The van der Waals surface area contributed by atoms with Crippen molar-refractivity contribution in [3.05, 3.63) is 58.7 Å². The number of aryl methyl sites for hydroxylation is 2. The molecule has 1 aliphatic rings. The van der Waals surface area contributed by atoms with Crippen LogP contribution in [0.2, 0.25) is 0 Å². The molecule has 0 amide bonds. The van der Waals surface area contributed by atoms with Crippen LogP contribution in [-0.4, -0.2) is 0 Å². The molecule has 1 heterocycles. The number of hydrogen-bond acceptors (Lipinski definition) is 1. The summed E-state index contributed by atoms with van der Waals surface area (Å²) in [5.74, 6) is 0. The second-order valence-electron chi connectivity index (χ2n) is 4.63. The Morgan fingerprint density at radius 2 is 1.26 bits per heavy atom. The Hall–Kier alpha value is -0.275. The molecule has 2 radical (unpaired) electrons. The van der Waals surface area contributed by atoms with E-state index < -0.39 is 0 Å². The van der Waals surface area contributed by atoms with Crippen LogP contribution in [0.25, 0.3) is 11.1 Å². The number of fused-ring (bicyclic) bond motifs is 3. The first-order valence-corrected chi connectivity index (χ1v) is 5.99. The predicted octanol–water partition coefficient (Wildman–Crippen LogP) is 3.17. The zero-order valence-corrected chi connectivity index (χ0v) is 16.4. The molecule has 0 fully saturated rings. The molecule has 19 heavy (non-hydrogen) atoms. The van der Waals surface area contributed by atoms with Crippen LogP contribution in [0, 0.1) is 26.0 Å². The van der Waals surface area contributed by atoms with E-state index in [4.69, 9.17) is 0 Å². The molecule has 1 aliphatic heterocycles. The van der Waals surface area contributed by atoms with Crippen LogP contribution in [0.5, 0.6) is 0 Å². The molecule has 3 rings (SSSR count). The standard InChI is InChI=1S/C16H15N.2Re/c1-11-5-3-7-13-9-17-10-14-8-4-6-12(2)16(14)15(11)13;;/h3-6,17H,9-10H2,1-2H3;;/q-2;;. The van der Waals surface area contributed by atoms with Gasteiger partial charge in [-0.3, -0.25) is 0 Å². The van der Waals surface area contributed by atoms with Gasteiger partial charge in [-0.2, -0.15) is 69.8 Å². The fourth-order valence-corrected chi connectivity index (χ4v) is 2.61. The van der Waals surface area contributed by atoms with E-state index in [0.29, 0.717) is 0 Å². The van der Waals surface area contributed by atoms with Crippen molar-refractivity contribution in [1.82, 2.24) is 5.32 Å². The monoisotopic (exact) mass is 595 g/mol. The van der Waals surface area contributed by atoms with E-state index in [9.17, 15) is 0 Å². The molecule has 0 unspecified atom stereocenters. The molecule has 100 valence electrons. The van der Waals surface area contributed by atoms with Crippen LogP contribution >= 0.6 is 0 Å². The maximum atomic E-state index is 3.45. The quantitative estimate of drug-likeness (QED) is 0.463. The summed E-state index contributed by atoms with van der Waals surface area (Å²) in [5, 5.41) is 3.45. The minimum atomic E-state index is 0. The molecule has 0 saturated heterocycles. The molecule has 3 heteroatoms. The fourth-order valence-electron chi connectivity index (χ4n) is 2.61. The van der Waals surface area contributed by atoms with Crippen molar-refractivity contribution < 1.29 is 40.8 Å². The largest absolute Gasteiger partial charge is 0.313 e. The van der Waals surface area contributed by atoms with Crippen molar-refractivity contribution >= 4 is 0 Å². The van der Waals surface area contributed by atoms with E-state index in [0.717, 1.165) is 13.1 Å². The van der Waals surface area contributed by atoms with Gasteiger partial charge in [-0.15, -0.1) is 0 Å². The molecule has 0 aliphatic carbocycles. The molecule has 2 aromatic carbocycles. The van der Waals surface area contributed by atoms with Gasteiger partial charge in [0.15, 0.2) is 0 Å². The molecule has 1 nitrogen and oxygen atoms in total. The average Bonchev–Trinajstić information content (AvgIpc) is 2.50. The van der Waals surface area contributed by atoms with Gasteiger partial charge in [0, 0.05) is 40.8 Å². The molecule has 0 atom stereocenters. The Kier molecular flexibility index (Phi) is 6.13. The summed E-state index contributed by atoms with van der Waals surface area (Å²) in [6.45, 7) is 6.13. The number of benzene rings is 2. The van der Waals surface area contributed by atoms with Gasteiger partial charge in [-0.1, -0.05) is 13.8 Å². The third kappa shape index (κ3) is 3.08. The van der Waals surface area contributed by atoms with Gasteiger partial charge in [-0.25, -0.2) is 0 Å². The van der Waals surface area contributed by atoms with Gasteiger partial charge in [0.25, 0.3) is 0 Å². The zero-order valence-electron chi connectivity index (χ0n) is 11.0. The predicted molar refractivity (Wildman–Crippen MR) is 69.6 cm³/mol.